The van der Waals surface area contributed by atoms with Crippen LogP contribution in [0.2, 0.25) is 0 Å². The van der Waals surface area contributed by atoms with E-state index in [4.69, 9.17) is 13.3 Å². The number of carbonyl (C=O) groups is 1. The van der Waals surface area contributed by atoms with Crippen LogP contribution in [0.3, 0.4) is 0 Å². The molecule has 1 aliphatic rings. The standard InChI is InChI=1S/C16H33NO4Si/c1-6-16(17-12-10-15(11-13-17)14(5)18)22(19-7-2,20-8-3)21-9-4/h15-16H,6-13H2,1-5H3. The van der Waals surface area contributed by atoms with Gasteiger partial charge in [0, 0.05) is 25.7 Å². The third-order valence-corrected chi connectivity index (χ3v) is 8.04. The van der Waals surface area contributed by atoms with Crippen LogP contribution in [0.25, 0.3) is 0 Å². The van der Waals surface area contributed by atoms with Crippen LogP contribution >= 0.6 is 0 Å². The molecule has 5 nitrogen and oxygen atoms in total. The van der Waals surface area contributed by atoms with Gasteiger partial charge in [-0.1, -0.05) is 6.92 Å². The molecule has 0 spiro atoms. The van der Waals surface area contributed by atoms with E-state index in [1.807, 2.05) is 20.8 Å². The lowest BCUT2D eigenvalue weighted by molar-refractivity contribution is -0.122. The predicted octanol–water partition coefficient (Wildman–Crippen LogP) is 2.65. The molecule has 130 valence electrons. The number of carbonyl (C=O) groups excluding carboxylic acids is 1. The number of Topliss-reactive ketones (excluding diaryl/α,β-unsaturated/α-hetero) is 1. The Bertz CT molecular complexity index is 315. The molecule has 0 saturated carbocycles. The fourth-order valence-electron chi connectivity index (χ4n) is 3.37. The van der Waals surface area contributed by atoms with Crippen molar-refractivity contribution in [3.05, 3.63) is 0 Å². The van der Waals surface area contributed by atoms with E-state index in [0.29, 0.717) is 25.6 Å². The summed E-state index contributed by atoms with van der Waals surface area (Å²) in [4.78, 5) is 14.0. The number of ketones is 1. The highest BCUT2D eigenvalue weighted by atomic mass is 28.4. The Labute approximate surface area is 136 Å². The molecular formula is C16H33NO4Si. The highest BCUT2D eigenvalue weighted by molar-refractivity contribution is 6.62. The molecule has 0 N–H and O–H groups in total. The molecular weight excluding hydrogens is 298 g/mol. The van der Waals surface area contributed by atoms with Crippen molar-refractivity contribution in [3.63, 3.8) is 0 Å². The molecule has 0 amide bonds. The molecule has 0 aliphatic carbocycles. The van der Waals surface area contributed by atoms with Gasteiger partial charge in [-0.25, -0.2) is 0 Å². The van der Waals surface area contributed by atoms with Gasteiger partial charge >= 0.3 is 8.80 Å². The van der Waals surface area contributed by atoms with Crippen LogP contribution < -0.4 is 0 Å². The van der Waals surface area contributed by atoms with E-state index in [-0.39, 0.29) is 11.6 Å². The Morgan fingerprint density at radius 3 is 1.82 bits per heavy atom. The van der Waals surface area contributed by atoms with Crippen LogP contribution in [-0.2, 0) is 18.1 Å². The van der Waals surface area contributed by atoms with Crippen molar-refractivity contribution >= 4 is 14.6 Å². The van der Waals surface area contributed by atoms with Crippen LogP contribution in [0.15, 0.2) is 0 Å². The number of piperidine rings is 1. The molecule has 0 aromatic rings. The number of hydrogen-bond donors (Lipinski definition) is 0. The van der Waals surface area contributed by atoms with Gasteiger partial charge in [-0.05, 0) is 60.0 Å². The van der Waals surface area contributed by atoms with Crippen molar-refractivity contribution in [1.29, 1.82) is 0 Å². The van der Waals surface area contributed by atoms with Crippen molar-refractivity contribution in [2.24, 2.45) is 5.92 Å². The summed E-state index contributed by atoms with van der Waals surface area (Å²) in [6.07, 6.45) is 2.80. The predicted molar refractivity (Wildman–Crippen MR) is 89.7 cm³/mol. The lowest BCUT2D eigenvalue weighted by atomic mass is 9.93. The summed E-state index contributed by atoms with van der Waals surface area (Å²) in [7, 11) is -2.72. The highest BCUT2D eigenvalue weighted by Crippen LogP contribution is 2.27. The van der Waals surface area contributed by atoms with Gasteiger partial charge in [0.25, 0.3) is 0 Å². The van der Waals surface area contributed by atoms with E-state index in [2.05, 4.69) is 11.8 Å². The largest absolute Gasteiger partial charge is 0.519 e. The summed E-state index contributed by atoms with van der Waals surface area (Å²) in [6, 6.07) is 0. The second-order valence-corrected chi connectivity index (χ2v) is 8.49. The maximum absolute atomic E-state index is 11.6. The minimum Gasteiger partial charge on any atom is -0.373 e. The van der Waals surface area contributed by atoms with E-state index in [9.17, 15) is 4.79 Å². The smallest absolute Gasteiger partial charge is 0.373 e. The summed E-state index contributed by atoms with van der Waals surface area (Å²) < 4.78 is 18.2. The second kappa shape index (κ2) is 9.77. The SMILES string of the molecule is CCO[Si](OCC)(OCC)C(CC)N1CCC(C(C)=O)CC1. The van der Waals surface area contributed by atoms with E-state index >= 15 is 0 Å². The van der Waals surface area contributed by atoms with Gasteiger partial charge in [0.05, 0.1) is 5.67 Å². The van der Waals surface area contributed by atoms with Gasteiger partial charge in [-0.15, -0.1) is 0 Å². The molecule has 1 unspecified atom stereocenters. The average Bonchev–Trinajstić information content (AvgIpc) is 2.49. The first-order chi connectivity index (χ1) is 10.5. The van der Waals surface area contributed by atoms with E-state index in [1.54, 1.807) is 6.92 Å². The first-order valence-corrected chi connectivity index (χ1v) is 10.5. The molecule has 1 heterocycles. The first kappa shape index (κ1) is 19.8. The third kappa shape index (κ3) is 4.86. The van der Waals surface area contributed by atoms with Crippen molar-refractivity contribution in [1.82, 2.24) is 4.90 Å². The van der Waals surface area contributed by atoms with Crippen LogP contribution in [0.4, 0.5) is 0 Å². The van der Waals surface area contributed by atoms with Crippen LogP contribution in [-0.4, -0.2) is 58.1 Å². The Kier molecular flexibility index (Phi) is 8.78. The monoisotopic (exact) mass is 331 g/mol. The van der Waals surface area contributed by atoms with Gasteiger partial charge in [0.2, 0.25) is 0 Å². The molecule has 22 heavy (non-hydrogen) atoms. The molecule has 0 aromatic heterocycles. The van der Waals surface area contributed by atoms with Crippen molar-refractivity contribution < 1.29 is 18.1 Å². The van der Waals surface area contributed by atoms with Crippen molar-refractivity contribution in [2.45, 2.75) is 59.5 Å². The number of nitrogens with zero attached hydrogens (tertiary/aromatic N) is 1. The van der Waals surface area contributed by atoms with E-state index in [1.165, 1.54) is 0 Å². The van der Waals surface area contributed by atoms with E-state index in [0.717, 1.165) is 32.4 Å². The van der Waals surface area contributed by atoms with Gasteiger partial charge in [0.15, 0.2) is 0 Å². The topological polar surface area (TPSA) is 48.0 Å². The molecule has 1 rings (SSSR count). The van der Waals surface area contributed by atoms with E-state index < -0.39 is 8.80 Å². The number of rotatable bonds is 10. The zero-order valence-electron chi connectivity index (χ0n) is 14.9. The lowest BCUT2D eigenvalue weighted by Gasteiger charge is -2.43. The summed E-state index contributed by atoms with van der Waals surface area (Å²) in [5.41, 5.74) is 0.181. The zero-order valence-corrected chi connectivity index (χ0v) is 15.9. The quantitative estimate of drug-likeness (QED) is 0.576. The normalized spacial score (nSPS) is 19.3. The summed E-state index contributed by atoms with van der Waals surface area (Å²) in [5.74, 6) is 0.534. The average molecular weight is 332 g/mol. The highest BCUT2D eigenvalue weighted by Gasteiger charge is 2.51. The summed E-state index contributed by atoms with van der Waals surface area (Å²) in [5, 5.41) is 0. The molecule has 0 aromatic carbocycles. The Morgan fingerprint density at radius 2 is 1.50 bits per heavy atom. The third-order valence-electron chi connectivity index (χ3n) is 4.38. The molecule has 1 aliphatic heterocycles. The van der Waals surface area contributed by atoms with Gasteiger partial charge in [-0.2, -0.15) is 0 Å². The maximum Gasteiger partial charge on any atom is 0.519 e. The van der Waals surface area contributed by atoms with Gasteiger partial charge in [-0.3, -0.25) is 9.69 Å². The minimum absolute atomic E-state index is 0.181. The summed E-state index contributed by atoms with van der Waals surface area (Å²) in [6.45, 7) is 13.5. The number of likely N-dealkylation sites (tertiary alicyclic amines) is 1. The molecule has 0 radical (unpaired) electrons. The first-order valence-electron chi connectivity index (χ1n) is 8.70. The number of hydrogen-bond acceptors (Lipinski definition) is 5. The lowest BCUT2D eigenvalue weighted by Crippen LogP contribution is -2.64. The maximum atomic E-state index is 11.6. The molecule has 0 bridgehead atoms. The van der Waals surface area contributed by atoms with Crippen molar-refractivity contribution in [2.75, 3.05) is 32.9 Å². The molecule has 1 atom stereocenters. The minimum atomic E-state index is -2.72. The molecule has 1 saturated heterocycles. The fraction of sp³-hybridized carbons (Fsp3) is 0.938. The van der Waals surface area contributed by atoms with Gasteiger partial charge < -0.3 is 13.3 Å². The fourth-order valence-corrected chi connectivity index (χ4v) is 6.61. The summed E-state index contributed by atoms with van der Waals surface area (Å²) >= 11 is 0. The zero-order chi connectivity index (χ0) is 16.6. The van der Waals surface area contributed by atoms with Crippen LogP contribution in [0.5, 0.6) is 0 Å². The second-order valence-electron chi connectivity index (χ2n) is 5.75. The molecule has 6 heteroatoms. The van der Waals surface area contributed by atoms with Gasteiger partial charge in [0.1, 0.15) is 5.78 Å². The Balaban J connectivity index is 2.86. The Morgan fingerprint density at radius 1 is 1.05 bits per heavy atom. The van der Waals surface area contributed by atoms with Crippen LogP contribution in [0, 0.1) is 5.92 Å². The Hall–Kier alpha value is -0.273. The molecule has 1 fully saturated rings. The van der Waals surface area contributed by atoms with Crippen molar-refractivity contribution in [3.8, 4) is 0 Å². The van der Waals surface area contributed by atoms with Crippen LogP contribution in [0.1, 0.15) is 53.9 Å².